The van der Waals surface area contributed by atoms with Gasteiger partial charge in [0.15, 0.2) is 0 Å². The first-order valence-electron chi connectivity index (χ1n) is 5.04. The van der Waals surface area contributed by atoms with Crippen LogP contribution < -0.4 is 11.1 Å². The summed E-state index contributed by atoms with van der Waals surface area (Å²) in [4.78, 5) is 0. The van der Waals surface area contributed by atoms with Crippen molar-refractivity contribution >= 4 is 44.6 Å². The summed E-state index contributed by atoms with van der Waals surface area (Å²) in [5.74, 6) is -2.07. The summed E-state index contributed by atoms with van der Waals surface area (Å²) in [5.41, 5.74) is 5.68. The van der Waals surface area contributed by atoms with Gasteiger partial charge in [0.2, 0.25) is 0 Å². The molecule has 0 aromatic heterocycles. The zero-order valence-electron chi connectivity index (χ0n) is 9.28. The van der Waals surface area contributed by atoms with Crippen molar-refractivity contribution in [3.8, 4) is 0 Å². The van der Waals surface area contributed by atoms with Gasteiger partial charge in [-0.2, -0.15) is 0 Å². The van der Waals surface area contributed by atoms with Crippen LogP contribution in [-0.2, 0) is 0 Å². The van der Waals surface area contributed by atoms with E-state index in [9.17, 15) is 13.2 Å². The van der Waals surface area contributed by atoms with Crippen LogP contribution in [-0.4, -0.2) is 0 Å². The fourth-order valence-corrected chi connectivity index (χ4v) is 1.92. The minimum Gasteiger partial charge on any atom is -0.397 e. The Kier molecular flexibility index (Phi) is 3.91. The quantitative estimate of drug-likeness (QED) is 0.600. The normalized spacial score (nSPS) is 10.6. The van der Waals surface area contributed by atoms with Crippen molar-refractivity contribution in [3.63, 3.8) is 0 Å². The number of nitrogens with one attached hydrogen (secondary N) is 1. The third-order valence-corrected chi connectivity index (χ3v) is 3.27. The summed E-state index contributed by atoms with van der Waals surface area (Å²) < 4.78 is 40.2. The first-order valence-corrected chi connectivity index (χ1v) is 6.21. The van der Waals surface area contributed by atoms with E-state index in [-0.39, 0.29) is 26.6 Å². The maximum absolute atomic E-state index is 13.6. The highest BCUT2D eigenvalue weighted by Crippen LogP contribution is 2.31. The lowest BCUT2D eigenvalue weighted by molar-refractivity contribution is 0.597. The smallest absolute Gasteiger partial charge is 0.147 e. The molecule has 0 atom stereocenters. The molecule has 0 saturated carbocycles. The first kappa shape index (κ1) is 14.0. The molecule has 2 aromatic rings. The molecule has 3 N–H and O–H groups in total. The van der Waals surface area contributed by atoms with Gasteiger partial charge in [0, 0.05) is 12.1 Å². The highest BCUT2D eigenvalue weighted by molar-refractivity contribution is 9.10. The molecule has 100 valence electrons. The zero-order chi connectivity index (χ0) is 14.2. The predicted molar refractivity (Wildman–Crippen MR) is 73.2 cm³/mol. The average Bonchev–Trinajstić information content (AvgIpc) is 2.32. The van der Waals surface area contributed by atoms with E-state index in [1.807, 2.05) is 0 Å². The second kappa shape index (κ2) is 5.30. The van der Waals surface area contributed by atoms with Gasteiger partial charge >= 0.3 is 0 Å². The van der Waals surface area contributed by atoms with Crippen LogP contribution in [0.2, 0.25) is 5.02 Å². The Bertz CT molecular complexity index is 594. The van der Waals surface area contributed by atoms with Crippen molar-refractivity contribution in [2.45, 2.75) is 0 Å². The van der Waals surface area contributed by atoms with Crippen LogP contribution in [0.1, 0.15) is 0 Å². The zero-order valence-corrected chi connectivity index (χ0v) is 11.6. The van der Waals surface area contributed by atoms with E-state index in [4.69, 9.17) is 17.3 Å². The maximum atomic E-state index is 13.6. The monoisotopic (exact) mass is 350 g/mol. The highest BCUT2D eigenvalue weighted by atomic mass is 79.9. The number of nitrogens with two attached hydrogens (primary N) is 1. The van der Waals surface area contributed by atoms with Gasteiger partial charge in [-0.15, -0.1) is 0 Å². The molecule has 0 fully saturated rings. The SMILES string of the molecule is Nc1cc(Cl)c(F)cc1Nc1cc(F)c(Br)cc1F. The molecule has 0 amide bonds. The molecule has 0 aliphatic heterocycles. The standard InChI is InChI=1S/C12H7BrClF3N2/c13-5-1-9(17)11(3-7(5)15)19-12-4-8(16)6(14)2-10(12)18/h1-4,19H,18H2. The van der Waals surface area contributed by atoms with Crippen molar-refractivity contribution in [3.05, 3.63) is 51.2 Å². The Morgan fingerprint density at radius 1 is 0.947 bits per heavy atom. The second-order valence-corrected chi connectivity index (χ2v) is 4.99. The molecular weight excluding hydrogens is 344 g/mol. The first-order chi connectivity index (χ1) is 8.88. The van der Waals surface area contributed by atoms with Crippen LogP contribution in [0.3, 0.4) is 0 Å². The molecule has 0 heterocycles. The van der Waals surface area contributed by atoms with Gasteiger partial charge in [0.1, 0.15) is 17.5 Å². The molecule has 0 spiro atoms. The largest absolute Gasteiger partial charge is 0.397 e. The van der Waals surface area contributed by atoms with Crippen LogP contribution in [0.25, 0.3) is 0 Å². The van der Waals surface area contributed by atoms with Crippen molar-refractivity contribution in [1.29, 1.82) is 0 Å². The molecule has 0 unspecified atom stereocenters. The number of nitrogen functional groups attached to an aromatic ring is 1. The van der Waals surface area contributed by atoms with Crippen LogP contribution in [0.5, 0.6) is 0 Å². The van der Waals surface area contributed by atoms with E-state index in [1.165, 1.54) is 6.07 Å². The Balaban J connectivity index is 2.42. The summed E-state index contributed by atoms with van der Waals surface area (Å²) in [6.45, 7) is 0. The molecular formula is C12H7BrClF3N2. The molecule has 19 heavy (non-hydrogen) atoms. The molecule has 2 nitrogen and oxygen atoms in total. The van der Waals surface area contributed by atoms with Gasteiger partial charge in [-0.1, -0.05) is 11.6 Å². The summed E-state index contributed by atoms with van der Waals surface area (Å²) in [5, 5.41) is 2.37. The van der Waals surface area contributed by atoms with Crippen LogP contribution >= 0.6 is 27.5 Å². The number of halogens is 5. The van der Waals surface area contributed by atoms with Crippen LogP contribution in [0, 0.1) is 17.5 Å². The molecule has 0 saturated heterocycles. The van der Waals surface area contributed by atoms with Gasteiger partial charge in [-0.25, -0.2) is 13.2 Å². The average molecular weight is 352 g/mol. The third-order valence-electron chi connectivity index (χ3n) is 2.37. The van der Waals surface area contributed by atoms with E-state index in [0.29, 0.717) is 0 Å². The molecule has 0 radical (unpaired) electrons. The van der Waals surface area contributed by atoms with Crippen LogP contribution in [0.4, 0.5) is 30.2 Å². The Morgan fingerprint density at radius 2 is 1.58 bits per heavy atom. The molecule has 0 aliphatic carbocycles. The van der Waals surface area contributed by atoms with E-state index < -0.39 is 17.5 Å². The van der Waals surface area contributed by atoms with Crippen molar-refractivity contribution in [1.82, 2.24) is 0 Å². The Morgan fingerprint density at radius 3 is 2.26 bits per heavy atom. The fourth-order valence-electron chi connectivity index (χ4n) is 1.43. The van der Waals surface area contributed by atoms with Crippen molar-refractivity contribution < 1.29 is 13.2 Å². The fraction of sp³-hybridized carbons (Fsp3) is 0. The molecule has 2 aromatic carbocycles. The van der Waals surface area contributed by atoms with Gasteiger partial charge < -0.3 is 11.1 Å². The summed E-state index contributed by atoms with van der Waals surface area (Å²) in [6.07, 6.45) is 0. The molecule has 0 bridgehead atoms. The molecule has 2 rings (SSSR count). The number of anilines is 3. The molecule has 7 heteroatoms. The van der Waals surface area contributed by atoms with Crippen LogP contribution in [0.15, 0.2) is 28.7 Å². The third kappa shape index (κ3) is 2.96. The number of rotatable bonds is 2. The minimum absolute atomic E-state index is 0.00851. The van der Waals surface area contributed by atoms with Crippen molar-refractivity contribution in [2.75, 3.05) is 11.1 Å². The van der Waals surface area contributed by atoms with Gasteiger partial charge in [0.05, 0.1) is 26.6 Å². The summed E-state index contributed by atoms with van der Waals surface area (Å²) in [6, 6.07) is 4.09. The van der Waals surface area contributed by atoms with Crippen molar-refractivity contribution in [2.24, 2.45) is 0 Å². The second-order valence-electron chi connectivity index (χ2n) is 3.72. The lowest BCUT2D eigenvalue weighted by Crippen LogP contribution is -2.00. The Hall–Kier alpha value is -1.40. The maximum Gasteiger partial charge on any atom is 0.147 e. The number of benzene rings is 2. The van der Waals surface area contributed by atoms with E-state index >= 15 is 0 Å². The molecule has 0 aliphatic rings. The minimum atomic E-state index is -0.712. The predicted octanol–water partition coefficient (Wildman–Crippen LogP) is 4.85. The van der Waals surface area contributed by atoms with Gasteiger partial charge in [-0.05, 0) is 28.1 Å². The van der Waals surface area contributed by atoms with E-state index in [0.717, 1.165) is 18.2 Å². The number of hydrogen-bond donors (Lipinski definition) is 2. The van der Waals surface area contributed by atoms with E-state index in [1.54, 1.807) is 0 Å². The van der Waals surface area contributed by atoms with Gasteiger partial charge in [-0.3, -0.25) is 0 Å². The highest BCUT2D eigenvalue weighted by Gasteiger charge is 2.11. The lowest BCUT2D eigenvalue weighted by atomic mass is 10.2. The topological polar surface area (TPSA) is 38.0 Å². The summed E-state index contributed by atoms with van der Waals surface area (Å²) in [7, 11) is 0. The lowest BCUT2D eigenvalue weighted by Gasteiger charge is -2.11. The Labute approximate surface area is 120 Å². The summed E-state index contributed by atoms with van der Waals surface area (Å²) >= 11 is 8.40. The van der Waals surface area contributed by atoms with Gasteiger partial charge in [0.25, 0.3) is 0 Å². The number of hydrogen-bond acceptors (Lipinski definition) is 2. The van der Waals surface area contributed by atoms with E-state index in [2.05, 4.69) is 21.2 Å².